The Kier molecular flexibility index (Phi) is 9.06. The lowest BCUT2D eigenvalue weighted by molar-refractivity contribution is 0.669. The van der Waals surface area contributed by atoms with Gasteiger partial charge in [-0.05, 0) is 148 Å². The van der Waals surface area contributed by atoms with Gasteiger partial charge in [-0.25, -0.2) is 15.0 Å². The summed E-state index contributed by atoms with van der Waals surface area (Å²) in [7, 11) is 0. The van der Waals surface area contributed by atoms with E-state index in [2.05, 4.69) is 247 Å². The Bertz CT molecular complexity index is 5170. The van der Waals surface area contributed by atoms with Crippen molar-refractivity contribution >= 4 is 119 Å². The number of para-hydroxylation sites is 2. The maximum absolute atomic E-state index is 6.42. The molecule has 0 atom stereocenters. The van der Waals surface area contributed by atoms with Gasteiger partial charge in [0.1, 0.15) is 11.2 Å². The Hall–Kier alpha value is -10.5. The molecular formula is C73H42N4O. The van der Waals surface area contributed by atoms with Crippen molar-refractivity contribution in [3.8, 4) is 51.0 Å². The van der Waals surface area contributed by atoms with Gasteiger partial charge in [0.2, 0.25) is 0 Å². The lowest BCUT2D eigenvalue weighted by Gasteiger charge is -2.17. The Morgan fingerprint density at radius 1 is 0.244 bits per heavy atom. The fourth-order valence-corrected chi connectivity index (χ4v) is 12.8. The van der Waals surface area contributed by atoms with E-state index < -0.39 is 0 Å². The van der Waals surface area contributed by atoms with Gasteiger partial charge in [0.25, 0.3) is 0 Å². The SMILES string of the molecule is c1ccc2cc3c(cc2c1)c1ccccc1n3-c1ccc(-c2nc(-c3ccc4c5ccccc5c5ccccc5c4c3)nc(-c3ccc4c5ccccc5c5ccccc5c4c3)n2)cc1-c1ccc2oc3ccccc3c2c1. The van der Waals surface area contributed by atoms with Crippen LogP contribution in [-0.4, -0.2) is 19.5 Å². The fraction of sp³-hybridized carbons (Fsp3) is 0. The predicted octanol–water partition coefficient (Wildman–Crippen LogP) is 19.6. The molecule has 17 aromatic rings. The van der Waals surface area contributed by atoms with Gasteiger partial charge < -0.3 is 8.98 Å². The van der Waals surface area contributed by atoms with E-state index in [9.17, 15) is 0 Å². The molecule has 0 saturated carbocycles. The molecule has 360 valence electrons. The molecule has 0 aliphatic heterocycles. The number of fused-ring (bicyclic) bond motifs is 19. The zero-order valence-corrected chi connectivity index (χ0v) is 41.9. The molecule has 5 heteroatoms. The molecule has 14 aromatic carbocycles. The summed E-state index contributed by atoms with van der Waals surface area (Å²) in [5, 5.41) is 21.4. The third-order valence-electron chi connectivity index (χ3n) is 16.4. The van der Waals surface area contributed by atoms with Crippen LogP contribution in [0, 0.1) is 0 Å². The van der Waals surface area contributed by atoms with Gasteiger partial charge in [0, 0.05) is 43.8 Å². The third-order valence-corrected chi connectivity index (χ3v) is 16.4. The van der Waals surface area contributed by atoms with Crippen LogP contribution in [0.5, 0.6) is 0 Å². The van der Waals surface area contributed by atoms with Crippen LogP contribution in [0.4, 0.5) is 0 Å². The minimum absolute atomic E-state index is 0.581. The van der Waals surface area contributed by atoms with E-state index in [1.165, 1.54) is 75.4 Å². The van der Waals surface area contributed by atoms with Gasteiger partial charge in [-0.3, -0.25) is 0 Å². The molecule has 0 fully saturated rings. The average Bonchev–Trinajstić information content (AvgIpc) is 4.21. The first-order valence-electron chi connectivity index (χ1n) is 26.6. The van der Waals surface area contributed by atoms with Gasteiger partial charge in [-0.15, -0.1) is 0 Å². The number of aromatic nitrogens is 4. The monoisotopic (exact) mass is 990 g/mol. The van der Waals surface area contributed by atoms with Crippen LogP contribution in [-0.2, 0) is 0 Å². The molecule has 0 aliphatic carbocycles. The van der Waals surface area contributed by atoms with Crippen LogP contribution in [0.3, 0.4) is 0 Å². The second-order valence-corrected chi connectivity index (χ2v) is 20.6. The van der Waals surface area contributed by atoms with E-state index in [1.54, 1.807) is 0 Å². The van der Waals surface area contributed by atoms with Crippen LogP contribution in [0.2, 0.25) is 0 Å². The Morgan fingerprint density at radius 2 is 0.641 bits per heavy atom. The molecular weight excluding hydrogens is 949 g/mol. The van der Waals surface area contributed by atoms with Crippen LogP contribution in [0.15, 0.2) is 259 Å². The van der Waals surface area contributed by atoms with Gasteiger partial charge >= 0.3 is 0 Å². The van der Waals surface area contributed by atoms with Crippen molar-refractivity contribution in [3.63, 3.8) is 0 Å². The highest BCUT2D eigenvalue weighted by molar-refractivity contribution is 6.27. The molecule has 5 nitrogen and oxygen atoms in total. The summed E-state index contributed by atoms with van der Waals surface area (Å²) in [6, 6.07) is 91.9. The number of rotatable bonds is 5. The topological polar surface area (TPSA) is 56.7 Å². The summed E-state index contributed by atoms with van der Waals surface area (Å²) in [6.07, 6.45) is 0. The van der Waals surface area contributed by atoms with Crippen molar-refractivity contribution in [2.24, 2.45) is 0 Å². The average molecular weight is 991 g/mol. The van der Waals surface area contributed by atoms with Crippen LogP contribution in [0.25, 0.3) is 170 Å². The summed E-state index contributed by atoms with van der Waals surface area (Å²) in [4.78, 5) is 16.5. The molecule has 0 aliphatic rings. The molecule has 3 heterocycles. The second-order valence-electron chi connectivity index (χ2n) is 20.6. The molecule has 0 N–H and O–H groups in total. The lowest BCUT2D eigenvalue weighted by Crippen LogP contribution is -2.02. The third kappa shape index (κ3) is 6.39. The molecule has 0 bridgehead atoms. The smallest absolute Gasteiger partial charge is 0.164 e. The molecule has 0 radical (unpaired) electrons. The Morgan fingerprint density at radius 3 is 1.21 bits per heavy atom. The normalized spacial score (nSPS) is 12.1. The summed E-state index contributed by atoms with van der Waals surface area (Å²) in [5.41, 5.74) is 9.81. The predicted molar refractivity (Wildman–Crippen MR) is 326 cm³/mol. The Labute approximate surface area is 446 Å². The van der Waals surface area contributed by atoms with E-state index >= 15 is 0 Å². The van der Waals surface area contributed by atoms with E-state index in [0.717, 1.165) is 77.2 Å². The van der Waals surface area contributed by atoms with Crippen LogP contribution in [0.1, 0.15) is 0 Å². The molecule has 3 aromatic heterocycles. The summed E-state index contributed by atoms with van der Waals surface area (Å²) >= 11 is 0. The van der Waals surface area contributed by atoms with Crippen LogP contribution < -0.4 is 0 Å². The molecule has 0 unspecified atom stereocenters. The highest BCUT2D eigenvalue weighted by atomic mass is 16.3. The number of furan rings is 1. The van der Waals surface area contributed by atoms with E-state index in [-0.39, 0.29) is 0 Å². The van der Waals surface area contributed by atoms with E-state index in [4.69, 9.17) is 19.4 Å². The van der Waals surface area contributed by atoms with Crippen molar-refractivity contribution in [1.82, 2.24) is 19.5 Å². The van der Waals surface area contributed by atoms with Crippen molar-refractivity contribution in [2.75, 3.05) is 0 Å². The minimum Gasteiger partial charge on any atom is -0.456 e. The highest BCUT2D eigenvalue weighted by Crippen LogP contribution is 2.43. The lowest BCUT2D eigenvalue weighted by atomic mass is 9.93. The van der Waals surface area contributed by atoms with Gasteiger partial charge in [-0.1, -0.05) is 188 Å². The van der Waals surface area contributed by atoms with Gasteiger partial charge in [0.15, 0.2) is 17.5 Å². The largest absolute Gasteiger partial charge is 0.456 e. The number of nitrogens with zero attached hydrogens (tertiary/aromatic N) is 4. The maximum atomic E-state index is 6.42. The zero-order valence-electron chi connectivity index (χ0n) is 41.9. The quantitative estimate of drug-likeness (QED) is 0.161. The highest BCUT2D eigenvalue weighted by Gasteiger charge is 2.22. The Balaban J connectivity index is 0.938. The van der Waals surface area contributed by atoms with E-state index in [1.807, 2.05) is 12.1 Å². The molecule has 0 saturated heterocycles. The number of hydrogen-bond donors (Lipinski definition) is 0. The first kappa shape index (κ1) is 42.8. The maximum Gasteiger partial charge on any atom is 0.164 e. The van der Waals surface area contributed by atoms with Crippen molar-refractivity contribution in [3.05, 3.63) is 255 Å². The van der Waals surface area contributed by atoms with Crippen molar-refractivity contribution in [1.29, 1.82) is 0 Å². The van der Waals surface area contributed by atoms with Crippen LogP contribution >= 0.6 is 0 Å². The summed E-state index contributed by atoms with van der Waals surface area (Å²) in [6.45, 7) is 0. The molecule has 17 rings (SSSR count). The number of hydrogen-bond acceptors (Lipinski definition) is 4. The first-order chi connectivity index (χ1) is 38.6. The fourth-order valence-electron chi connectivity index (χ4n) is 12.8. The zero-order chi connectivity index (χ0) is 51.0. The molecule has 78 heavy (non-hydrogen) atoms. The second kappa shape index (κ2) is 16.5. The minimum atomic E-state index is 0.581. The molecule has 0 spiro atoms. The summed E-state index contributed by atoms with van der Waals surface area (Å²) < 4.78 is 8.85. The van der Waals surface area contributed by atoms with Crippen molar-refractivity contribution in [2.45, 2.75) is 0 Å². The van der Waals surface area contributed by atoms with Gasteiger partial charge in [-0.2, -0.15) is 0 Å². The van der Waals surface area contributed by atoms with E-state index in [0.29, 0.717) is 17.5 Å². The summed E-state index contributed by atoms with van der Waals surface area (Å²) in [5.74, 6) is 1.78. The van der Waals surface area contributed by atoms with Gasteiger partial charge in [0.05, 0.1) is 16.7 Å². The van der Waals surface area contributed by atoms with Crippen molar-refractivity contribution < 1.29 is 4.42 Å². The number of benzene rings is 14. The standard InChI is InChI=1S/C73H42N4O/c1-2-16-44-42-68-64(37-43(44)15-1)59-25-11-13-27-66(59)77(68)67-35-31-48(39-61(67)45-32-36-70-65(38-45)60-26-12-14-28-69(60)78-70)73-75-71(46-29-33-57-53-21-5-3-17-49(53)51-19-7-9-23-55(51)62(57)40-46)74-72(76-73)47-30-34-58-54-22-6-4-18-50(54)52-20-8-10-24-56(52)63(58)41-47/h1-42H. The first-order valence-corrected chi connectivity index (χ1v) is 26.6. The molecule has 0 amide bonds.